The van der Waals surface area contributed by atoms with Gasteiger partial charge in [0.1, 0.15) is 5.78 Å². The molecule has 1 unspecified atom stereocenters. The first-order chi connectivity index (χ1) is 9.16. The number of nitrogens with zero attached hydrogens (tertiary/aromatic N) is 3. The molecule has 0 aromatic rings. The van der Waals surface area contributed by atoms with Crippen LogP contribution in [-0.2, 0) is 4.79 Å². The largest absolute Gasteiger partial charge is 0.308 e. The Labute approximate surface area is 117 Å². The van der Waals surface area contributed by atoms with Gasteiger partial charge in [0.2, 0.25) is 0 Å². The summed E-state index contributed by atoms with van der Waals surface area (Å²) in [6.45, 7) is 6.67. The van der Waals surface area contributed by atoms with E-state index < -0.39 is 0 Å². The van der Waals surface area contributed by atoms with E-state index in [-0.39, 0.29) is 6.04 Å². The van der Waals surface area contributed by atoms with E-state index in [1.54, 1.807) is 0 Å². The monoisotopic (exact) mass is 267 g/mol. The van der Waals surface area contributed by atoms with Crippen LogP contribution in [0.4, 0.5) is 0 Å². The molecule has 2 rings (SSSR count). The van der Waals surface area contributed by atoms with Crippen molar-refractivity contribution < 1.29 is 4.79 Å². The molecule has 0 amide bonds. The highest BCUT2D eigenvalue weighted by atomic mass is 16.1. The van der Waals surface area contributed by atoms with E-state index in [0.717, 1.165) is 58.5 Å². The molecule has 110 valence electrons. The molecule has 4 heteroatoms. The number of hydrogen-bond acceptors (Lipinski definition) is 4. The summed E-state index contributed by atoms with van der Waals surface area (Å²) < 4.78 is 0. The minimum Gasteiger partial charge on any atom is -0.308 e. The van der Waals surface area contributed by atoms with Crippen LogP contribution >= 0.6 is 0 Å². The second-order valence-electron chi connectivity index (χ2n) is 6.26. The number of carbonyl (C=O) groups excluding carboxylic acids is 1. The molecule has 0 spiro atoms. The van der Waals surface area contributed by atoms with Crippen molar-refractivity contribution in [3.05, 3.63) is 0 Å². The van der Waals surface area contributed by atoms with Crippen LogP contribution in [0.3, 0.4) is 0 Å². The molecule has 0 bridgehead atoms. The highest BCUT2D eigenvalue weighted by Crippen LogP contribution is 2.20. The van der Waals surface area contributed by atoms with Gasteiger partial charge in [-0.25, -0.2) is 0 Å². The third-order valence-corrected chi connectivity index (χ3v) is 4.48. The van der Waals surface area contributed by atoms with Gasteiger partial charge in [0.05, 0.1) is 6.04 Å². The van der Waals surface area contributed by atoms with E-state index in [2.05, 4.69) is 28.8 Å². The number of ketones is 1. The van der Waals surface area contributed by atoms with Crippen molar-refractivity contribution in [3.8, 4) is 0 Å². The molecule has 1 aliphatic carbocycles. The number of rotatable bonds is 4. The molecule has 0 N–H and O–H groups in total. The van der Waals surface area contributed by atoms with Crippen molar-refractivity contribution in [1.29, 1.82) is 0 Å². The number of carbonyl (C=O) groups is 1. The number of hydrogen-bond donors (Lipinski definition) is 0. The minimum absolute atomic E-state index is 0.235. The van der Waals surface area contributed by atoms with Crippen LogP contribution in [0.5, 0.6) is 0 Å². The molecule has 1 atom stereocenters. The van der Waals surface area contributed by atoms with Crippen LogP contribution in [0, 0.1) is 0 Å². The number of piperazine rings is 1. The van der Waals surface area contributed by atoms with Crippen molar-refractivity contribution >= 4 is 5.78 Å². The van der Waals surface area contributed by atoms with Crippen molar-refractivity contribution in [2.45, 2.75) is 38.1 Å². The van der Waals surface area contributed by atoms with E-state index in [9.17, 15) is 4.79 Å². The highest BCUT2D eigenvalue weighted by Gasteiger charge is 2.29. The number of likely N-dealkylation sites (N-methyl/N-ethyl adjacent to an activating group) is 1. The van der Waals surface area contributed by atoms with E-state index in [1.165, 1.54) is 12.8 Å². The minimum atomic E-state index is 0.235. The van der Waals surface area contributed by atoms with Crippen LogP contribution in [0.1, 0.15) is 32.1 Å². The standard InChI is InChI=1S/C15H29N3O/c1-16(2)8-9-17-10-12-18(13-11-17)14-6-4-3-5-7-15(14)19/h14H,3-13H2,1-2H3. The summed E-state index contributed by atoms with van der Waals surface area (Å²) in [5, 5.41) is 0. The van der Waals surface area contributed by atoms with Crippen LogP contribution in [0.25, 0.3) is 0 Å². The van der Waals surface area contributed by atoms with Gasteiger partial charge in [0, 0.05) is 45.7 Å². The zero-order valence-electron chi connectivity index (χ0n) is 12.6. The Morgan fingerprint density at radius 2 is 1.84 bits per heavy atom. The van der Waals surface area contributed by atoms with Crippen molar-refractivity contribution in [2.75, 3.05) is 53.4 Å². The van der Waals surface area contributed by atoms with E-state index in [1.807, 2.05) is 0 Å². The topological polar surface area (TPSA) is 26.8 Å². The summed E-state index contributed by atoms with van der Waals surface area (Å²) in [6.07, 6.45) is 5.49. The number of Topliss-reactive ketones (excluding diaryl/α,β-unsaturated/α-hetero) is 1. The van der Waals surface area contributed by atoms with Crippen LogP contribution in [0.15, 0.2) is 0 Å². The molecule has 4 nitrogen and oxygen atoms in total. The van der Waals surface area contributed by atoms with Crippen LogP contribution < -0.4 is 0 Å². The molecule has 2 fully saturated rings. The van der Waals surface area contributed by atoms with Crippen molar-refractivity contribution in [3.63, 3.8) is 0 Å². The second-order valence-corrected chi connectivity index (χ2v) is 6.26. The molecular weight excluding hydrogens is 238 g/mol. The molecule has 0 radical (unpaired) electrons. The van der Waals surface area contributed by atoms with Gasteiger partial charge < -0.3 is 4.90 Å². The average Bonchev–Trinajstić information content (AvgIpc) is 2.62. The summed E-state index contributed by atoms with van der Waals surface area (Å²) in [5.41, 5.74) is 0. The summed E-state index contributed by atoms with van der Waals surface area (Å²) in [5.74, 6) is 0.499. The Morgan fingerprint density at radius 3 is 2.53 bits per heavy atom. The first-order valence-corrected chi connectivity index (χ1v) is 7.80. The van der Waals surface area contributed by atoms with Crippen molar-refractivity contribution in [2.24, 2.45) is 0 Å². The third kappa shape index (κ3) is 4.55. The maximum Gasteiger partial charge on any atom is 0.149 e. The predicted octanol–water partition coefficient (Wildman–Crippen LogP) is 1.07. The lowest BCUT2D eigenvalue weighted by molar-refractivity contribution is -0.124. The first-order valence-electron chi connectivity index (χ1n) is 7.80. The Morgan fingerprint density at radius 1 is 1.11 bits per heavy atom. The molecule has 19 heavy (non-hydrogen) atoms. The summed E-state index contributed by atoms with van der Waals surface area (Å²) >= 11 is 0. The smallest absolute Gasteiger partial charge is 0.149 e. The van der Waals surface area contributed by atoms with E-state index in [0.29, 0.717) is 5.78 Å². The van der Waals surface area contributed by atoms with Gasteiger partial charge in [-0.2, -0.15) is 0 Å². The van der Waals surface area contributed by atoms with Gasteiger partial charge >= 0.3 is 0 Å². The third-order valence-electron chi connectivity index (χ3n) is 4.48. The van der Waals surface area contributed by atoms with Gasteiger partial charge in [0.25, 0.3) is 0 Å². The quantitative estimate of drug-likeness (QED) is 0.712. The summed E-state index contributed by atoms with van der Waals surface area (Å²) in [6, 6.07) is 0.235. The second kappa shape index (κ2) is 7.36. The molecule has 0 aromatic carbocycles. The molecule has 0 aromatic heterocycles. The molecule has 1 saturated carbocycles. The Balaban J connectivity index is 1.77. The Hall–Kier alpha value is -0.450. The fraction of sp³-hybridized carbons (Fsp3) is 0.933. The zero-order valence-corrected chi connectivity index (χ0v) is 12.6. The van der Waals surface area contributed by atoms with Gasteiger partial charge in [-0.05, 0) is 26.9 Å². The Kier molecular flexibility index (Phi) is 5.79. The maximum atomic E-state index is 12.1. The lowest BCUT2D eigenvalue weighted by atomic mass is 10.0. The van der Waals surface area contributed by atoms with Crippen LogP contribution in [0.2, 0.25) is 0 Å². The van der Waals surface area contributed by atoms with Gasteiger partial charge in [-0.15, -0.1) is 0 Å². The van der Waals surface area contributed by atoms with E-state index >= 15 is 0 Å². The lowest BCUT2D eigenvalue weighted by Crippen LogP contribution is -2.53. The maximum absolute atomic E-state index is 12.1. The fourth-order valence-electron chi connectivity index (χ4n) is 3.17. The molecule has 1 heterocycles. The first kappa shape index (κ1) is 14.9. The van der Waals surface area contributed by atoms with Gasteiger partial charge in [-0.1, -0.05) is 12.8 Å². The normalized spacial score (nSPS) is 27.7. The molecule has 1 aliphatic heterocycles. The lowest BCUT2D eigenvalue weighted by Gasteiger charge is -2.38. The molecular formula is C15H29N3O. The zero-order chi connectivity index (χ0) is 13.7. The van der Waals surface area contributed by atoms with Gasteiger partial charge in [-0.3, -0.25) is 14.6 Å². The Bertz CT molecular complexity index is 285. The van der Waals surface area contributed by atoms with Crippen molar-refractivity contribution in [1.82, 2.24) is 14.7 Å². The SMILES string of the molecule is CN(C)CCN1CCN(C2CCCCCC2=O)CC1. The fourth-order valence-corrected chi connectivity index (χ4v) is 3.17. The summed E-state index contributed by atoms with van der Waals surface area (Å²) in [7, 11) is 4.25. The van der Waals surface area contributed by atoms with E-state index in [4.69, 9.17) is 0 Å². The van der Waals surface area contributed by atoms with Crippen LogP contribution in [-0.4, -0.2) is 79.9 Å². The van der Waals surface area contributed by atoms with Gasteiger partial charge in [0.15, 0.2) is 0 Å². The molecule has 2 aliphatic rings. The summed E-state index contributed by atoms with van der Waals surface area (Å²) in [4.78, 5) is 19.4. The highest BCUT2D eigenvalue weighted by molar-refractivity contribution is 5.84. The molecule has 1 saturated heterocycles. The predicted molar refractivity (Wildman–Crippen MR) is 78.4 cm³/mol. The average molecular weight is 267 g/mol.